The van der Waals surface area contributed by atoms with E-state index in [4.69, 9.17) is 4.74 Å². The molecule has 2 N–H and O–H groups in total. The van der Waals surface area contributed by atoms with Crippen molar-refractivity contribution in [2.45, 2.75) is 19.9 Å². The molecule has 1 amide bonds. The minimum atomic E-state index is -0.107. The fourth-order valence-corrected chi connectivity index (χ4v) is 1.51. The zero-order valence-corrected chi connectivity index (χ0v) is 8.83. The molecular formula is C11H14N2O2. The van der Waals surface area contributed by atoms with Crippen LogP contribution in [0.25, 0.3) is 0 Å². The second-order valence-electron chi connectivity index (χ2n) is 3.85. The smallest absolute Gasteiger partial charge is 0.262 e. The van der Waals surface area contributed by atoms with Crippen LogP contribution in [0.3, 0.4) is 0 Å². The van der Waals surface area contributed by atoms with Crippen LogP contribution in [0, 0.1) is 0 Å². The fourth-order valence-electron chi connectivity index (χ4n) is 1.51. The highest BCUT2D eigenvalue weighted by molar-refractivity contribution is 5.96. The number of rotatable bonds is 2. The van der Waals surface area contributed by atoms with Crippen molar-refractivity contribution in [2.75, 3.05) is 17.2 Å². The third kappa shape index (κ3) is 2.21. The second-order valence-corrected chi connectivity index (χ2v) is 3.85. The summed E-state index contributed by atoms with van der Waals surface area (Å²) in [5.41, 5.74) is 1.71. The highest BCUT2D eigenvalue weighted by Crippen LogP contribution is 2.30. The molecule has 0 radical (unpaired) electrons. The minimum Gasteiger partial charge on any atom is -0.482 e. The molecule has 1 aromatic carbocycles. The number of ether oxygens (including phenoxy) is 1. The van der Waals surface area contributed by atoms with Crippen LogP contribution in [-0.4, -0.2) is 18.6 Å². The molecule has 0 aromatic heterocycles. The number of anilines is 2. The van der Waals surface area contributed by atoms with Crippen LogP contribution in [-0.2, 0) is 4.79 Å². The number of hydrogen-bond acceptors (Lipinski definition) is 3. The van der Waals surface area contributed by atoms with Crippen molar-refractivity contribution in [2.24, 2.45) is 0 Å². The predicted octanol–water partition coefficient (Wildman–Crippen LogP) is 1.84. The molecule has 4 nitrogen and oxygen atoms in total. The highest BCUT2D eigenvalue weighted by atomic mass is 16.5. The molecule has 2 rings (SSSR count). The van der Waals surface area contributed by atoms with Gasteiger partial charge in [-0.15, -0.1) is 0 Å². The van der Waals surface area contributed by atoms with E-state index in [1.54, 1.807) is 0 Å². The van der Waals surface area contributed by atoms with Crippen LogP contribution in [0.2, 0.25) is 0 Å². The van der Waals surface area contributed by atoms with E-state index in [1.807, 2.05) is 18.2 Å². The molecule has 0 atom stereocenters. The van der Waals surface area contributed by atoms with E-state index in [0.29, 0.717) is 6.04 Å². The maximum absolute atomic E-state index is 11.1. The molecule has 0 bridgehead atoms. The second kappa shape index (κ2) is 3.81. The summed E-state index contributed by atoms with van der Waals surface area (Å²) in [5, 5.41) is 6.03. The fraction of sp³-hybridized carbons (Fsp3) is 0.364. The molecule has 0 spiro atoms. The number of hydrogen-bond donors (Lipinski definition) is 2. The first-order chi connectivity index (χ1) is 7.15. The highest BCUT2D eigenvalue weighted by Gasteiger charge is 2.15. The van der Waals surface area contributed by atoms with Gasteiger partial charge in [0.2, 0.25) is 0 Å². The summed E-state index contributed by atoms with van der Waals surface area (Å²) in [6, 6.07) is 6.05. The average Bonchev–Trinajstić information content (AvgIpc) is 2.16. The first kappa shape index (κ1) is 9.83. The van der Waals surface area contributed by atoms with Gasteiger partial charge in [-0.05, 0) is 32.0 Å². The normalized spacial score (nSPS) is 14.2. The van der Waals surface area contributed by atoms with Crippen LogP contribution in [0.4, 0.5) is 11.4 Å². The molecule has 1 aliphatic heterocycles. The molecule has 80 valence electrons. The van der Waals surface area contributed by atoms with Gasteiger partial charge in [0.25, 0.3) is 5.91 Å². The summed E-state index contributed by atoms with van der Waals surface area (Å²) in [7, 11) is 0. The van der Waals surface area contributed by atoms with Gasteiger partial charge in [-0.2, -0.15) is 0 Å². The first-order valence-electron chi connectivity index (χ1n) is 4.98. The minimum absolute atomic E-state index is 0.101. The van der Waals surface area contributed by atoms with Gasteiger partial charge in [0, 0.05) is 11.7 Å². The standard InChI is InChI=1S/C11H14N2O2/c1-7(2)12-8-3-4-10-9(5-8)13-11(14)6-15-10/h3-5,7,12H,6H2,1-2H3,(H,13,14). The van der Waals surface area contributed by atoms with Crippen molar-refractivity contribution in [1.29, 1.82) is 0 Å². The Morgan fingerprint density at radius 3 is 3.00 bits per heavy atom. The Bertz CT molecular complexity index is 388. The number of carbonyl (C=O) groups excluding carboxylic acids is 1. The summed E-state index contributed by atoms with van der Waals surface area (Å²) in [6.07, 6.45) is 0. The van der Waals surface area contributed by atoms with E-state index in [2.05, 4.69) is 24.5 Å². The quantitative estimate of drug-likeness (QED) is 0.776. The van der Waals surface area contributed by atoms with Crippen molar-refractivity contribution >= 4 is 17.3 Å². The molecule has 1 heterocycles. The van der Waals surface area contributed by atoms with Crippen LogP contribution >= 0.6 is 0 Å². The molecule has 0 saturated carbocycles. The van der Waals surface area contributed by atoms with Crippen LogP contribution in [0.1, 0.15) is 13.8 Å². The molecular weight excluding hydrogens is 192 g/mol. The van der Waals surface area contributed by atoms with E-state index in [1.165, 1.54) is 0 Å². The van der Waals surface area contributed by atoms with Gasteiger partial charge >= 0.3 is 0 Å². The molecule has 15 heavy (non-hydrogen) atoms. The van der Waals surface area contributed by atoms with Crippen molar-refractivity contribution in [1.82, 2.24) is 0 Å². The molecule has 0 aliphatic carbocycles. The third-order valence-corrected chi connectivity index (χ3v) is 2.07. The lowest BCUT2D eigenvalue weighted by molar-refractivity contribution is -0.118. The Hall–Kier alpha value is -1.71. The summed E-state index contributed by atoms with van der Waals surface area (Å²) < 4.78 is 5.26. The summed E-state index contributed by atoms with van der Waals surface area (Å²) >= 11 is 0. The number of nitrogens with one attached hydrogen (secondary N) is 2. The van der Waals surface area contributed by atoms with Crippen LogP contribution in [0.5, 0.6) is 5.75 Å². The Labute approximate surface area is 88.6 Å². The number of benzene rings is 1. The molecule has 0 fully saturated rings. The van der Waals surface area contributed by atoms with Crippen molar-refractivity contribution < 1.29 is 9.53 Å². The maximum Gasteiger partial charge on any atom is 0.262 e. The van der Waals surface area contributed by atoms with Crippen molar-refractivity contribution in [3.05, 3.63) is 18.2 Å². The molecule has 4 heteroatoms. The summed E-state index contributed by atoms with van der Waals surface area (Å²) in [5.74, 6) is 0.619. The zero-order chi connectivity index (χ0) is 10.8. The van der Waals surface area contributed by atoms with Gasteiger partial charge < -0.3 is 15.4 Å². The molecule has 1 aromatic rings. The molecule has 0 unspecified atom stereocenters. The Morgan fingerprint density at radius 1 is 1.47 bits per heavy atom. The summed E-state index contributed by atoms with van der Waals surface area (Å²) in [6.45, 7) is 4.23. The van der Waals surface area contributed by atoms with Crippen LogP contribution in [0.15, 0.2) is 18.2 Å². The van der Waals surface area contributed by atoms with Crippen molar-refractivity contribution in [3.8, 4) is 5.75 Å². The zero-order valence-electron chi connectivity index (χ0n) is 8.83. The Balaban J connectivity index is 2.24. The third-order valence-electron chi connectivity index (χ3n) is 2.07. The topological polar surface area (TPSA) is 50.4 Å². The number of carbonyl (C=O) groups is 1. The van der Waals surface area contributed by atoms with Gasteiger partial charge in [-0.25, -0.2) is 0 Å². The number of amides is 1. The van der Waals surface area contributed by atoms with Crippen molar-refractivity contribution in [3.63, 3.8) is 0 Å². The maximum atomic E-state index is 11.1. The average molecular weight is 206 g/mol. The van der Waals surface area contributed by atoms with Gasteiger partial charge in [0.15, 0.2) is 6.61 Å². The van der Waals surface area contributed by atoms with Crippen LogP contribution < -0.4 is 15.4 Å². The number of fused-ring (bicyclic) bond motifs is 1. The Kier molecular flexibility index (Phi) is 2.49. The van der Waals surface area contributed by atoms with Gasteiger partial charge in [-0.1, -0.05) is 0 Å². The predicted molar refractivity (Wildman–Crippen MR) is 59.3 cm³/mol. The van der Waals surface area contributed by atoms with E-state index >= 15 is 0 Å². The van der Waals surface area contributed by atoms with Gasteiger partial charge in [0.1, 0.15) is 5.75 Å². The van der Waals surface area contributed by atoms with E-state index in [-0.39, 0.29) is 12.5 Å². The molecule has 0 saturated heterocycles. The van der Waals surface area contributed by atoms with E-state index in [0.717, 1.165) is 17.1 Å². The van der Waals surface area contributed by atoms with E-state index < -0.39 is 0 Å². The SMILES string of the molecule is CC(C)Nc1ccc2c(c1)NC(=O)CO2. The van der Waals surface area contributed by atoms with Gasteiger partial charge in [-0.3, -0.25) is 4.79 Å². The van der Waals surface area contributed by atoms with E-state index in [9.17, 15) is 4.79 Å². The monoisotopic (exact) mass is 206 g/mol. The molecule has 1 aliphatic rings. The lowest BCUT2D eigenvalue weighted by Gasteiger charge is -2.19. The first-order valence-corrected chi connectivity index (χ1v) is 4.98. The lowest BCUT2D eigenvalue weighted by Crippen LogP contribution is -2.25. The lowest BCUT2D eigenvalue weighted by atomic mass is 10.2. The van der Waals surface area contributed by atoms with Gasteiger partial charge in [0.05, 0.1) is 5.69 Å². The Morgan fingerprint density at radius 2 is 2.27 bits per heavy atom. The largest absolute Gasteiger partial charge is 0.482 e. The summed E-state index contributed by atoms with van der Waals surface area (Å²) in [4.78, 5) is 11.1.